The molecule has 0 radical (unpaired) electrons. The fraction of sp³-hybridized carbons (Fsp3) is 0.200. The van der Waals surface area contributed by atoms with Gasteiger partial charge in [0.15, 0.2) is 11.5 Å². The van der Waals surface area contributed by atoms with Crippen LogP contribution in [0.5, 0.6) is 11.5 Å². The summed E-state index contributed by atoms with van der Waals surface area (Å²) in [7, 11) is 0. The van der Waals surface area contributed by atoms with Crippen LogP contribution in [0.15, 0.2) is 0 Å². The minimum absolute atomic E-state index is 0.530. The van der Waals surface area contributed by atoms with Crippen molar-refractivity contribution in [1.29, 1.82) is 0 Å². The van der Waals surface area contributed by atoms with Gasteiger partial charge in [0.05, 0.1) is 0 Å². The van der Waals surface area contributed by atoms with E-state index in [9.17, 15) is 0 Å². The summed E-state index contributed by atoms with van der Waals surface area (Å²) < 4.78 is 10.8. The lowest BCUT2D eigenvalue weighted by Crippen LogP contribution is -2.15. The normalized spacial score (nSPS) is 13.1. The van der Waals surface area contributed by atoms with Gasteiger partial charge in [-0.05, 0) is 0 Å². The first kappa shape index (κ1) is 8.04. The van der Waals surface area contributed by atoms with Crippen LogP contribution in [0.3, 0.4) is 0 Å². The molecule has 1 aliphatic rings. The second kappa shape index (κ2) is 3.05. The van der Waals surface area contributed by atoms with Crippen molar-refractivity contribution in [3.8, 4) is 36.2 Å². The maximum Gasteiger partial charge on any atom is 0.189 e. The Morgan fingerprint density at radius 3 is 1.85 bits per heavy atom. The second-order valence-corrected chi connectivity index (χ2v) is 3.42. The number of terminal acetylenes is 2. The first-order valence-corrected chi connectivity index (χ1v) is 4.54. The molecule has 2 nitrogen and oxygen atoms in total. The molecule has 0 fully saturated rings. The van der Waals surface area contributed by atoms with Gasteiger partial charge in [-0.2, -0.15) is 0 Å². The van der Waals surface area contributed by atoms with Crippen molar-refractivity contribution in [2.24, 2.45) is 0 Å². The first-order valence-electron chi connectivity index (χ1n) is 3.72. The zero-order valence-electron chi connectivity index (χ0n) is 6.79. The van der Waals surface area contributed by atoms with Gasteiger partial charge in [0, 0.05) is 0 Å². The molecule has 0 bridgehead atoms. The van der Waals surface area contributed by atoms with Crippen molar-refractivity contribution in [2.45, 2.75) is 0 Å². The van der Waals surface area contributed by atoms with Crippen molar-refractivity contribution >= 4 is 11.3 Å². The average Bonchev–Trinajstić information content (AvgIpc) is 2.56. The first-order chi connectivity index (χ1) is 6.36. The van der Waals surface area contributed by atoms with Gasteiger partial charge in [0.1, 0.15) is 23.0 Å². The van der Waals surface area contributed by atoms with Gasteiger partial charge in [-0.1, -0.05) is 11.8 Å². The molecule has 2 heterocycles. The number of ether oxygens (including phenoxy) is 2. The summed E-state index contributed by atoms with van der Waals surface area (Å²) in [6.45, 7) is 1.06. The van der Waals surface area contributed by atoms with E-state index < -0.39 is 0 Å². The molecule has 0 N–H and O–H groups in total. The SMILES string of the molecule is C#Cc1sc(C#C)c2c1OCCO2. The van der Waals surface area contributed by atoms with E-state index in [1.165, 1.54) is 11.3 Å². The smallest absolute Gasteiger partial charge is 0.189 e. The van der Waals surface area contributed by atoms with Crippen LogP contribution in [0.4, 0.5) is 0 Å². The molecule has 13 heavy (non-hydrogen) atoms. The molecule has 1 aliphatic heterocycles. The lowest BCUT2D eigenvalue weighted by atomic mass is 10.3. The van der Waals surface area contributed by atoms with Gasteiger partial charge in [-0.25, -0.2) is 0 Å². The molecular formula is C10H6O2S. The third kappa shape index (κ3) is 1.14. The van der Waals surface area contributed by atoms with Crippen LogP contribution in [0.1, 0.15) is 9.75 Å². The van der Waals surface area contributed by atoms with E-state index in [4.69, 9.17) is 22.3 Å². The molecule has 1 aromatic heterocycles. The molecule has 0 spiro atoms. The van der Waals surface area contributed by atoms with Crippen molar-refractivity contribution < 1.29 is 9.47 Å². The van der Waals surface area contributed by atoms with Crippen molar-refractivity contribution in [2.75, 3.05) is 13.2 Å². The molecule has 0 unspecified atom stereocenters. The lowest BCUT2D eigenvalue weighted by Gasteiger charge is -2.15. The van der Waals surface area contributed by atoms with Crippen molar-refractivity contribution in [1.82, 2.24) is 0 Å². The predicted octanol–water partition coefficient (Wildman–Crippen LogP) is 1.48. The van der Waals surface area contributed by atoms with Crippen LogP contribution >= 0.6 is 11.3 Å². The van der Waals surface area contributed by atoms with Gasteiger partial charge in [-0.3, -0.25) is 0 Å². The quantitative estimate of drug-likeness (QED) is 0.577. The molecule has 0 amide bonds. The van der Waals surface area contributed by atoms with Crippen molar-refractivity contribution in [3.05, 3.63) is 9.75 Å². The second-order valence-electron chi connectivity index (χ2n) is 2.40. The molecule has 0 atom stereocenters. The van der Waals surface area contributed by atoms with E-state index in [0.29, 0.717) is 34.5 Å². The van der Waals surface area contributed by atoms with E-state index >= 15 is 0 Å². The van der Waals surface area contributed by atoms with Gasteiger partial charge in [0.25, 0.3) is 0 Å². The Labute approximate surface area is 80.5 Å². The molecule has 3 heteroatoms. The van der Waals surface area contributed by atoms with Crippen LogP contribution in [0, 0.1) is 24.7 Å². The maximum absolute atomic E-state index is 5.38. The fourth-order valence-electron chi connectivity index (χ4n) is 1.14. The fourth-order valence-corrected chi connectivity index (χ4v) is 1.95. The van der Waals surface area contributed by atoms with Crippen LogP contribution in [-0.2, 0) is 0 Å². The summed E-state index contributed by atoms with van der Waals surface area (Å²) in [6, 6.07) is 0. The van der Waals surface area contributed by atoms with Crippen LogP contribution in [0.2, 0.25) is 0 Å². The molecule has 0 aliphatic carbocycles. The highest BCUT2D eigenvalue weighted by molar-refractivity contribution is 7.13. The maximum atomic E-state index is 5.38. The number of thiophene rings is 1. The molecule has 0 aromatic carbocycles. The van der Waals surface area contributed by atoms with Gasteiger partial charge in [-0.15, -0.1) is 24.2 Å². The molecule has 2 rings (SSSR count). The number of rotatable bonds is 0. The minimum Gasteiger partial charge on any atom is -0.484 e. The van der Waals surface area contributed by atoms with E-state index in [-0.39, 0.29) is 0 Å². The summed E-state index contributed by atoms with van der Waals surface area (Å²) in [5, 5.41) is 0. The summed E-state index contributed by atoms with van der Waals surface area (Å²) in [6.07, 6.45) is 10.6. The largest absolute Gasteiger partial charge is 0.484 e. The lowest BCUT2D eigenvalue weighted by molar-refractivity contribution is 0.172. The van der Waals surface area contributed by atoms with Crippen LogP contribution in [-0.4, -0.2) is 13.2 Å². The minimum atomic E-state index is 0.530. The number of hydrogen-bond acceptors (Lipinski definition) is 3. The molecular weight excluding hydrogens is 184 g/mol. The molecule has 0 saturated carbocycles. The summed E-state index contributed by atoms with van der Waals surface area (Å²) >= 11 is 1.35. The third-order valence-electron chi connectivity index (χ3n) is 1.66. The van der Waals surface area contributed by atoms with Gasteiger partial charge < -0.3 is 9.47 Å². The van der Waals surface area contributed by atoms with Gasteiger partial charge >= 0.3 is 0 Å². The Hall–Kier alpha value is -1.58. The van der Waals surface area contributed by atoms with E-state index in [1.807, 2.05) is 0 Å². The Morgan fingerprint density at radius 1 is 1.00 bits per heavy atom. The highest BCUT2D eigenvalue weighted by Gasteiger charge is 2.22. The zero-order valence-corrected chi connectivity index (χ0v) is 7.61. The van der Waals surface area contributed by atoms with E-state index in [2.05, 4.69) is 11.8 Å². The van der Waals surface area contributed by atoms with Crippen molar-refractivity contribution in [3.63, 3.8) is 0 Å². The Morgan fingerprint density at radius 2 is 1.46 bits per heavy atom. The molecule has 64 valence electrons. The van der Waals surface area contributed by atoms with E-state index in [0.717, 1.165) is 0 Å². The topological polar surface area (TPSA) is 18.5 Å². The standard InChI is InChI=1S/C10H6O2S/c1-3-7-9-10(8(4-2)13-7)12-6-5-11-9/h1-2H,5-6H2. The number of fused-ring (bicyclic) bond motifs is 1. The molecule has 1 aromatic rings. The third-order valence-corrected chi connectivity index (χ3v) is 2.68. The Bertz CT molecular complexity index is 379. The Balaban J connectivity index is 2.60. The predicted molar refractivity (Wildman–Crippen MR) is 51.2 cm³/mol. The van der Waals surface area contributed by atoms with Gasteiger partial charge in [0.2, 0.25) is 0 Å². The summed E-state index contributed by atoms with van der Waals surface area (Å²) in [5.74, 6) is 6.32. The number of hydrogen-bond donors (Lipinski definition) is 0. The highest BCUT2D eigenvalue weighted by atomic mass is 32.1. The Kier molecular flexibility index (Phi) is 1.88. The molecule has 0 saturated heterocycles. The van der Waals surface area contributed by atoms with E-state index in [1.54, 1.807) is 0 Å². The van der Waals surface area contributed by atoms with Crippen LogP contribution in [0.25, 0.3) is 0 Å². The summed E-state index contributed by atoms with van der Waals surface area (Å²) in [4.78, 5) is 1.42. The zero-order chi connectivity index (χ0) is 9.26. The van der Waals surface area contributed by atoms with Crippen LogP contribution < -0.4 is 9.47 Å². The highest BCUT2D eigenvalue weighted by Crippen LogP contribution is 2.42. The average molecular weight is 190 g/mol. The monoisotopic (exact) mass is 190 g/mol. The summed E-state index contributed by atoms with van der Waals surface area (Å²) in [5.41, 5.74) is 0.